The Balaban J connectivity index is 2.32. The number of halogens is 3. The molecule has 0 amide bonds. The van der Waals surface area contributed by atoms with E-state index in [9.17, 15) is 13.2 Å². The van der Waals surface area contributed by atoms with Crippen molar-refractivity contribution >= 4 is 16.7 Å². The van der Waals surface area contributed by atoms with Crippen molar-refractivity contribution in [2.24, 2.45) is 0 Å². The Morgan fingerprint density at radius 3 is 2.33 bits per heavy atom. The van der Waals surface area contributed by atoms with Gasteiger partial charge in [0, 0.05) is 17.5 Å². The molecule has 21 heavy (non-hydrogen) atoms. The molecule has 0 saturated carbocycles. The van der Waals surface area contributed by atoms with Gasteiger partial charge < -0.3 is 5.73 Å². The van der Waals surface area contributed by atoms with Crippen LogP contribution in [-0.4, -0.2) is 9.97 Å². The zero-order valence-corrected chi connectivity index (χ0v) is 11.0. The van der Waals surface area contributed by atoms with Gasteiger partial charge in [-0.3, -0.25) is 0 Å². The second-order valence-corrected chi connectivity index (χ2v) is 4.65. The SMILES string of the molecule is Cc1cccc2nc(-c3c(F)cc(F)cc3F)nc(N)c12. The van der Waals surface area contributed by atoms with Crippen molar-refractivity contribution in [3.05, 3.63) is 53.3 Å². The molecule has 106 valence electrons. The number of rotatable bonds is 1. The fourth-order valence-electron chi connectivity index (χ4n) is 2.26. The van der Waals surface area contributed by atoms with E-state index in [4.69, 9.17) is 5.73 Å². The molecule has 0 radical (unpaired) electrons. The zero-order chi connectivity index (χ0) is 15.1. The summed E-state index contributed by atoms with van der Waals surface area (Å²) in [5.74, 6) is -3.23. The lowest BCUT2D eigenvalue weighted by atomic mass is 10.1. The Kier molecular flexibility index (Phi) is 3.01. The molecule has 0 atom stereocenters. The van der Waals surface area contributed by atoms with Gasteiger partial charge in [-0.15, -0.1) is 0 Å². The number of nitrogens with two attached hydrogens (primary N) is 1. The quantitative estimate of drug-likeness (QED) is 0.744. The van der Waals surface area contributed by atoms with Crippen LogP contribution in [0.3, 0.4) is 0 Å². The van der Waals surface area contributed by atoms with Crippen molar-refractivity contribution in [3.63, 3.8) is 0 Å². The van der Waals surface area contributed by atoms with Crippen LogP contribution >= 0.6 is 0 Å². The van der Waals surface area contributed by atoms with Crippen LogP contribution in [0.1, 0.15) is 5.56 Å². The van der Waals surface area contributed by atoms with Crippen LogP contribution in [0.25, 0.3) is 22.3 Å². The number of nitrogen functional groups attached to an aromatic ring is 1. The molecule has 2 aromatic carbocycles. The van der Waals surface area contributed by atoms with Gasteiger partial charge in [0.05, 0.1) is 11.1 Å². The predicted molar refractivity (Wildman–Crippen MR) is 74.0 cm³/mol. The minimum Gasteiger partial charge on any atom is -0.383 e. The number of aromatic nitrogens is 2. The second-order valence-electron chi connectivity index (χ2n) is 4.65. The van der Waals surface area contributed by atoms with E-state index in [0.717, 1.165) is 5.56 Å². The monoisotopic (exact) mass is 289 g/mol. The summed E-state index contributed by atoms with van der Waals surface area (Å²) in [4.78, 5) is 8.07. The summed E-state index contributed by atoms with van der Waals surface area (Å²) in [6.45, 7) is 1.83. The summed E-state index contributed by atoms with van der Waals surface area (Å²) in [5, 5.41) is 0.629. The van der Waals surface area contributed by atoms with Crippen molar-refractivity contribution in [2.45, 2.75) is 6.92 Å². The van der Waals surface area contributed by atoms with Crippen molar-refractivity contribution in [1.29, 1.82) is 0 Å². The fraction of sp³-hybridized carbons (Fsp3) is 0.0667. The van der Waals surface area contributed by atoms with Gasteiger partial charge in [-0.25, -0.2) is 23.1 Å². The Hall–Kier alpha value is -2.63. The lowest BCUT2D eigenvalue weighted by Crippen LogP contribution is -2.02. The molecule has 0 fully saturated rings. The van der Waals surface area contributed by atoms with E-state index in [0.29, 0.717) is 23.0 Å². The van der Waals surface area contributed by atoms with Gasteiger partial charge in [0.25, 0.3) is 0 Å². The topological polar surface area (TPSA) is 51.8 Å². The number of fused-ring (bicyclic) bond motifs is 1. The van der Waals surface area contributed by atoms with Crippen molar-refractivity contribution < 1.29 is 13.2 Å². The first kappa shape index (κ1) is 13.4. The molecule has 1 heterocycles. The first-order valence-electron chi connectivity index (χ1n) is 6.15. The number of aryl methyl sites for hydroxylation is 1. The average molecular weight is 289 g/mol. The average Bonchev–Trinajstić information content (AvgIpc) is 2.37. The molecule has 0 saturated heterocycles. The highest BCUT2D eigenvalue weighted by molar-refractivity contribution is 5.92. The van der Waals surface area contributed by atoms with Gasteiger partial charge in [-0.2, -0.15) is 0 Å². The highest BCUT2D eigenvalue weighted by Gasteiger charge is 2.18. The third kappa shape index (κ3) is 2.18. The summed E-state index contributed by atoms with van der Waals surface area (Å²) in [6, 6.07) is 6.42. The predicted octanol–water partition coefficient (Wildman–Crippen LogP) is 3.60. The van der Waals surface area contributed by atoms with Crippen molar-refractivity contribution in [2.75, 3.05) is 5.73 Å². The van der Waals surface area contributed by atoms with Gasteiger partial charge in [0.1, 0.15) is 23.3 Å². The molecule has 0 aliphatic heterocycles. The first-order valence-corrected chi connectivity index (χ1v) is 6.15. The van der Waals surface area contributed by atoms with Gasteiger partial charge >= 0.3 is 0 Å². The fourth-order valence-corrected chi connectivity index (χ4v) is 2.26. The molecule has 3 nitrogen and oxygen atoms in total. The Morgan fingerprint density at radius 1 is 1.00 bits per heavy atom. The molecule has 6 heteroatoms. The van der Waals surface area contributed by atoms with Crippen LogP contribution in [0, 0.1) is 24.4 Å². The normalized spacial score (nSPS) is 11.0. The molecule has 0 spiro atoms. The number of benzene rings is 2. The molecule has 0 bridgehead atoms. The summed E-state index contributed by atoms with van der Waals surface area (Å²) in [7, 11) is 0. The summed E-state index contributed by atoms with van der Waals surface area (Å²) >= 11 is 0. The maximum atomic E-state index is 13.8. The lowest BCUT2D eigenvalue weighted by Gasteiger charge is -2.09. The minimum absolute atomic E-state index is 0.122. The van der Waals surface area contributed by atoms with Crippen molar-refractivity contribution in [1.82, 2.24) is 9.97 Å². The Morgan fingerprint density at radius 2 is 1.67 bits per heavy atom. The third-order valence-corrected chi connectivity index (χ3v) is 3.19. The van der Waals surface area contributed by atoms with Gasteiger partial charge in [0.2, 0.25) is 0 Å². The maximum Gasteiger partial charge on any atom is 0.168 e. The number of hydrogen-bond acceptors (Lipinski definition) is 3. The second kappa shape index (κ2) is 4.73. The molecule has 3 aromatic rings. The highest BCUT2D eigenvalue weighted by Crippen LogP contribution is 2.29. The van der Waals surface area contributed by atoms with Crippen LogP contribution in [0.4, 0.5) is 19.0 Å². The van der Waals surface area contributed by atoms with E-state index in [1.807, 2.05) is 13.0 Å². The molecule has 0 aliphatic carbocycles. The maximum absolute atomic E-state index is 13.8. The van der Waals surface area contributed by atoms with Crippen LogP contribution in [0.5, 0.6) is 0 Å². The van der Waals surface area contributed by atoms with Crippen molar-refractivity contribution in [3.8, 4) is 11.4 Å². The van der Waals surface area contributed by atoms with E-state index in [1.54, 1.807) is 12.1 Å². The van der Waals surface area contributed by atoms with E-state index in [1.165, 1.54) is 0 Å². The molecular weight excluding hydrogens is 279 g/mol. The molecule has 0 unspecified atom stereocenters. The molecular formula is C15H10F3N3. The molecule has 0 aliphatic rings. The largest absolute Gasteiger partial charge is 0.383 e. The van der Waals surface area contributed by atoms with E-state index < -0.39 is 23.0 Å². The van der Waals surface area contributed by atoms with Gasteiger partial charge in [-0.1, -0.05) is 12.1 Å². The zero-order valence-electron chi connectivity index (χ0n) is 11.0. The van der Waals surface area contributed by atoms with Gasteiger partial charge in [-0.05, 0) is 18.6 Å². The van der Waals surface area contributed by atoms with E-state index in [-0.39, 0.29) is 11.6 Å². The summed E-state index contributed by atoms with van der Waals surface area (Å²) < 4.78 is 40.6. The lowest BCUT2D eigenvalue weighted by molar-refractivity contribution is 0.547. The highest BCUT2D eigenvalue weighted by atomic mass is 19.1. The van der Waals surface area contributed by atoms with Crippen LogP contribution in [0.2, 0.25) is 0 Å². The standard InChI is InChI=1S/C15H10F3N3/c1-7-3-2-4-11-12(7)14(19)21-15(20-11)13-9(17)5-8(16)6-10(13)18/h2-6H,1H3,(H2,19,20,21). The number of nitrogens with zero attached hydrogens (tertiary/aromatic N) is 2. The Bertz CT molecular complexity index is 839. The van der Waals surface area contributed by atoms with E-state index >= 15 is 0 Å². The minimum atomic E-state index is -1.07. The summed E-state index contributed by atoms with van der Waals surface area (Å²) in [5.41, 5.74) is 6.69. The van der Waals surface area contributed by atoms with Crippen LogP contribution < -0.4 is 5.73 Å². The van der Waals surface area contributed by atoms with Crippen LogP contribution in [-0.2, 0) is 0 Å². The number of hydrogen-bond donors (Lipinski definition) is 1. The third-order valence-electron chi connectivity index (χ3n) is 3.19. The molecule has 1 aromatic heterocycles. The Labute approximate surface area is 118 Å². The summed E-state index contributed by atoms with van der Waals surface area (Å²) in [6.07, 6.45) is 0. The molecule has 2 N–H and O–H groups in total. The van der Waals surface area contributed by atoms with E-state index in [2.05, 4.69) is 9.97 Å². The van der Waals surface area contributed by atoms with Gasteiger partial charge in [0.15, 0.2) is 5.82 Å². The first-order chi connectivity index (χ1) is 9.97. The number of anilines is 1. The van der Waals surface area contributed by atoms with Crippen LogP contribution in [0.15, 0.2) is 30.3 Å². The molecule has 3 rings (SSSR count). The smallest absolute Gasteiger partial charge is 0.168 e.